The zero-order valence-corrected chi connectivity index (χ0v) is 23.5. The molecule has 196 valence electrons. The van der Waals surface area contributed by atoms with Crippen molar-refractivity contribution in [3.8, 4) is 0 Å². The topological polar surface area (TPSA) is 86.8 Å². The Morgan fingerprint density at radius 1 is 1.00 bits per heavy atom. The molecular weight excluding hydrogens is 554 g/mol. The first-order valence-electron chi connectivity index (χ1n) is 12.4. The van der Waals surface area contributed by atoms with Crippen LogP contribution in [0.25, 0.3) is 10.8 Å². The van der Waals surface area contributed by atoms with Crippen LogP contribution in [-0.2, 0) is 26.2 Å². The quantitative estimate of drug-likeness (QED) is 0.394. The van der Waals surface area contributed by atoms with Gasteiger partial charge in [-0.3, -0.25) is 9.59 Å². The summed E-state index contributed by atoms with van der Waals surface area (Å²) in [4.78, 5) is 28.2. The summed E-state index contributed by atoms with van der Waals surface area (Å²) in [6, 6.07) is 19.3. The van der Waals surface area contributed by atoms with Crippen molar-refractivity contribution in [1.29, 1.82) is 0 Å². The van der Waals surface area contributed by atoms with Crippen LogP contribution in [0.5, 0.6) is 0 Å². The minimum atomic E-state index is -3.92. The maximum atomic E-state index is 13.5. The summed E-state index contributed by atoms with van der Waals surface area (Å²) < 4.78 is 28.6. The molecule has 0 spiro atoms. The van der Waals surface area contributed by atoms with E-state index in [1.165, 1.54) is 11.9 Å². The largest absolute Gasteiger partial charge is 0.352 e. The van der Waals surface area contributed by atoms with E-state index in [4.69, 9.17) is 0 Å². The number of sulfonamides is 1. The number of amides is 2. The van der Waals surface area contributed by atoms with Gasteiger partial charge < -0.3 is 10.2 Å². The van der Waals surface area contributed by atoms with Gasteiger partial charge >= 0.3 is 0 Å². The van der Waals surface area contributed by atoms with Crippen molar-refractivity contribution in [2.45, 2.75) is 56.1 Å². The van der Waals surface area contributed by atoms with Gasteiger partial charge in [-0.1, -0.05) is 71.2 Å². The van der Waals surface area contributed by atoms with Crippen LogP contribution in [0.2, 0.25) is 0 Å². The number of carbonyl (C=O) groups is 2. The van der Waals surface area contributed by atoms with Crippen LogP contribution in [0.4, 0.5) is 0 Å². The number of hydrogen-bond acceptors (Lipinski definition) is 4. The third-order valence-electron chi connectivity index (χ3n) is 6.92. The van der Waals surface area contributed by atoms with Gasteiger partial charge in [0.2, 0.25) is 21.8 Å². The number of hydrogen-bond donors (Lipinski definition) is 1. The molecule has 9 heteroatoms. The summed E-state index contributed by atoms with van der Waals surface area (Å²) in [5.41, 5.74) is 0.845. The van der Waals surface area contributed by atoms with E-state index in [0.29, 0.717) is 0 Å². The molecule has 2 amide bonds. The van der Waals surface area contributed by atoms with E-state index in [0.717, 1.165) is 50.8 Å². The minimum Gasteiger partial charge on any atom is -0.352 e. The zero-order chi connectivity index (χ0) is 26.6. The maximum absolute atomic E-state index is 13.5. The molecule has 0 aromatic heterocycles. The Labute approximate surface area is 227 Å². The standard InChI is InChI=1S/C28H32BrN3O4S/c1-20(28(34)30-25-9-5-6-10-25)32(18-21-11-14-24(29)15-12-21)27(33)19-31(2)37(35,36)26-16-13-22-7-3-4-8-23(22)17-26/h3-4,7-8,11-17,20,25H,5-6,9-10,18-19H2,1-2H3,(H,30,34). The Morgan fingerprint density at radius 3 is 2.32 bits per heavy atom. The Kier molecular flexibility index (Phi) is 8.67. The van der Waals surface area contributed by atoms with Crippen molar-refractivity contribution in [2.75, 3.05) is 13.6 Å². The van der Waals surface area contributed by atoms with Gasteiger partial charge in [-0.05, 0) is 60.4 Å². The molecule has 1 saturated carbocycles. The summed E-state index contributed by atoms with van der Waals surface area (Å²) in [6.45, 7) is 1.50. The maximum Gasteiger partial charge on any atom is 0.243 e. The molecule has 7 nitrogen and oxygen atoms in total. The van der Waals surface area contributed by atoms with E-state index in [2.05, 4.69) is 21.2 Å². The summed E-state index contributed by atoms with van der Waals surface area (Å²) >= 11 is 3.42. The van der Waals surface area contributed by atoms with Crippen LogP contribution in [0.15, 0.2) is 76.1 Å². The number of halogens is 1. The van der Waals surface area contributed by atoms with Gasteiger partial charge in [-0.2, -0.15) is 4.31 Å². The normalized spacial score (nSPS) is 15.1. The highest BCUT2D eigenvalue weighted by Crippen LogP contribution is 2.22. The van der Waals surface area contributed by atoms with Crippen LogP contribution >= 0.6 is 15.9 Å². The number of fused-ring (bicyclic) bond motifs is 1. The van der Waals surface area contributed by atoms with Crippen molar-refractivity contribution in [3.05, 3.63) is 76.8 Å². The van der Waals surface area contributed by atoms with Gasteiger partial charge in [-0.25, -0.2) is 8.42 Å². The van der Waals surface area contributed by atoms with Crippen LogP contribution in [0.1, 0.15) is 38.2 Å². The predicted molar refractivity (Wildman–Crippen MR) is 148 cm³/mol. The van der Waals surface area contributed by atoms with Crippen molar-refractivity contribution < 1.29 is 18.0 Å². The zero-order valence-electron chi connectivity index (χ0n) is 21.1. The van der Waals surface area contributed by atoms with Crippen LogP contribution in [0.3, 0.4) is 0 Å². The fraction of sp³-hybridized carbons (Fsp3) is 0.357. The second-order valence-electron chi connectivity index (χ2n) is 9.58. The Morgan fingerprint density at radius 2 is 1.65 bits per heavy atom. The molecule has 1 unspecified atom stereocenters. The monoisotopic (exact) mass is 585 g/mol. The van der Waals surface area contributed by atoms with E-state index >= 15 is 0 Å². The predicted octanol–water partition coefficient (Wildman–Crippen LogP) is 4.70. The number of benzene rings is 3. The molecule has 1 aliphatic rings. The third kappa shape index (κ3) is 6.58. The van der Waals surface area contributed by atoms with E-state index in [1.807, 2.05) is 48.5 Å². The summed E-state index contributed by atoms with van der Waals surface area (Å²) in [5, 5.41) is 4.80. The van der Waals surface area contributed by atoms with Crippen LogP contribution in [-0.4, -0.2) is 55.1 Å². The number of likely N-dealkylation sites (N-methyl/N-ethyl adjacent to an activating group) is 1. The Hall–Kier alpha value is -2.75. The van der Waals surface area contributed by atoms with Gasteiger partial charge in [-0.15, -0.1) is 0 Å². The van der Waals surface area contributed by atoms with Crippen LogP contribution in [0, 0.1) is 0 Å². The van der Waals surface area contributed by atoms with E-state index in [1.54, 1.807) is 25.1 Å². The first-order chi connectivity index (χ1) is 17.6. The highest BCUT2D eigenvalue weighted by Gasteiger charge is 2.31. The first kappa shape index (κ1) is 27.3. The van der Waals surface area contributed by atoms with Crippen molar-refractivity contribution in [2.24, 2.45) is 0 Å². The summed E-state index contributed by atoms with van der Waals surface area (Å²) in [6.07, 6.45) is 4.04. The van der Waals surface area contributed by atoms with Gasteiger partial charge in [0.25, 0.3) is 0 Å². The van der Waals surface area contributed by atoms with Crippen molar-refractivity contribution >= 4 is 48.5 Å². The molecule has 0 radical (unpaired) electrons. The average Bonchev–Trinajstić information content (AvgIpc) is 3.40. The fourth-order valence-corrected chi connectivity index (χ4v) is 6.06. The van der Waals surface area contributed by atoms with Gasteiger partial charge in [0.15, 0.2) is 0 Å². The second kappa shape index (κ2) is 11.8. The molecule has 4 rings (SSSR count). The molecule has 3 aromatic carbocycles. The van der Waals surface area contributed by atoms with Crippen molar-refractivity contribution in [3.63, 3.8) is 0 Å². The highest BCUT2D eigenvalue weighted by atomic mass is 79.9. The molecule has 0 bridgehead atoms. The summed E-state index contributed by atoms with van der Waals surface area (Å²) in [5.74, 6) is -0.666. The molecule has 1 atom stereocenters. The number of carbonyl (C=O) groups excluding carboxylic acids is 2. The second-order valence-corrected chi connectivity index (χ2v) is 12.5. The van der Waals surface area contributed by atoms with E-state index in [-0.39, 0.29) is 29.9 Å². The minimum absolute atomic E-state index is 0.119. The molecule has 0 heterocycles. The van der Waals surface area contributed by atoms with Crippen LogP contribution < -0.4 is 5.32 Å². The SMILES string of the molecule is CC(C(=O)NC1CCCC1)N(Cc1ccc(Br)cc1)C(=O)CN(C)S(=O)(=O)c1ccc2ccccc2c1. The fourth-order valence-electron chi connectivity index (χ4n) is 4.64. The highest BCUT2D eigenvalue weighted by molar-refractivity contribution is 9.10. The molecule has 0 saturated heterocycles. The third-order valence-corrected chi connectivity index (χ3v) is 9.25. The van der Waals surface area contributed by atoms with Gasteiger partial charge in [0, 0.05) is 24.1 Å². The number of rotatable bonds is 9. The first-order valence-corrected chi connectivity index (χ1v) is 14.7. The average molecular weight is 587 g/mol. The van der Waals surface area contributed by atoms with Gasteiger partial charge in [0.05, 0.1) is 11.4 Å². The lowest BCUT2D eigenvalue weighted by atomic mass is 10.1. The Balaban J connectivity index is 1.54. The number of nitrogens with zero attached hydrogens (tertiary/aromatic N) is 2. The van der Waals surface area contributed by atoms with Crippen molar-refractivity contribution in [1.82, 2.24) is 14.5 Å². The van der Waals surface area contributed by atoms with E-state index < -0.39 is 22.0 Å². The van der Waals surface area contributed by atoms with Gasteiger partial charge in [0.1, 0.15) is 6.04 Å². The molecular formula is C28H32BrN3O4S. The smallest absolute Gasteiger partial charge is 0.243 e. The lowest BCUT2D eigenvalue weighted by Gasteiger charge is -2.31. The lowest BCUT2D eigenvalue weighted by molar-refractivity contribution is -0.140. The molecule has 37 heavy (non-hydrogen) atoms. The molecule has 1 aliphatic carbocycles. The summed E-state index contributed by atoms with van der Waals surface area (Å²) in [7, 11) is -2.53. The van der Waals surface area contributed by atoms with E-state index in [9.17, 15) is 18.0 Å². The molecule has 0 aliphatic heterocycles. The molecule has 3 aromatic rings. The Bertz CT molecular complexity index is 1370. The molecule has 1 N–H and O–H groups in total. The number of nitrogens with one attached hydrogen (secondary N) is 1. The lowest BCUT2D eigenvalue weighted by Crippen LogP contribution is -2.52. The molecule has 1 fully saturated rings.